The highest BCUT2D eigenvalue weighted by Crippen LogP contribution is 2.23. The minimum absolute atomic E-state index is 1.08. The summed E-state index contributed by atoms with van der Waals surface area (Å²) < 4.78 is 0. The maximum atomic E-state index is 3.45. The maximum Gasteiger partial charge on any atom is 0.0376 e. The van der Waals surface area contributed by atoms with Crippen LogP contribution in [0.25, 0.3) is 0 Å². The molecule has 0 spiro atoms. The van der Waals surface area contributed by atoms with Crippen LogP contribution in [-0.2, 0) is 13.0 Å². The third kappa shape index (κ3) is 2.56. The van der Waals surface area contributed by atoms with E-state index in [0.29, 0.717) is 0 Å². The monoisotopic (exact) mass is 218 g/mol. The topological polar surface area (TPSA) is 15.3 Å². The Morgan fingerprint density at radius 1 is 1.31 bits per heavy atom. The van der Waals surface area contributed by atoms with E-state index in [1.54, 1.807) is 0 Å². The van der Waals surface area contributed by atoms with Crippen LogP contribution in [0, 0.1) is 0 Å². The molecule has 0 bridgehead atoms. The molecular weight excluding hydrogens is 196 g/mol. The van der Waals surface area contributed by atoms with Crippen LogP contribution in [0.4, 0.5) is 5.69 Å². The van der Waals surface area contributed by atoms with E-state index < -0.39 is 0 Å². The van der Waals surface area contributed by atoms with E-state index in [1.807, 2.05) is 0 Å². The lowest BCUT2D eigenvalue weighted by Gasteiger charge is -2.19. The molecular formula is C14H22N2. The van der Waals surface area contributed by atoms with Crippen LogP contribution < -0.4 is 5.32 Å². The molecule has 0 saturated heterocycles. The van der Waals surface area contributed by atoms with Crippen LogP contribution in [-0.4, -0.2) is 24.5 Å². The van der Waals surface area contributed by atoms with Crippen molar-refractivity contribution in [3.63, 3.8) is 0 Å². The summed E-state index contributed by atoms with van der Waals surface area (Å²) in [7, 11) is 0. The van der Waals surface area contributed by atoms with Gasteiger partial charge in [0.25, 0.3) is 0 Å². The number of rotatable bonds is 5. The number of hydrogen-bond donors (Lipinski definition) is 1. The Morgan fingerprint density at radius 3 is 2.94 bits per heavy atom. The van der Waals surface area contributed by atoms with Gasteiger partial charge in [-0.3, -0.25) is 4.90 Å². The van der Waals surface area contributed by atoms with Crippen molar-refractivity contribution >= 4 is 5.69 Å². The minimum Gasteiger partial charge on any atom is -0.384 e. The second-order valence-corrected chi connectivity index (χ2v) is 4.54. The van der Waals surface area contributed by atoms with Crippen LogP contribution in [0.1, 0.15) is 31.4 Å². The zero-order valence-corrected chi connectivity index (χ0v) is 10.4. The first-order valence-corrected chi connectivity index (χ1v) is 6.41. The van der Waals surface area contributed by atoms with E-state index in [4.69, 9.17) is 0 Å². The molecule has 0 unspecified atom stereocenters. The lowest BCUT2D eigenvalue weighted by molar-refractivity contribution is 0.280. The van der Waals surface area contributed by atoms with E-state index >= 15 is 0 Å². The normalized spacial score (nSPS) is 13.9. The fourth-order valence-electron chi connectivity index (χ4n) is 2.36. The second kappa shape index (κ2) is 5.35. The first kappa shape index (κ1) is 11.5. The van der Waals surface area contributed by atoms with Gasteiger partial charge in [0, 0.05) is 18.8 Å². The number of hydrogen-bond acceptors (Lipinski definition) is 2. The summed E-state index contributed by atoms with van der Waals surface area (Å²) in [6, 6.07) is 6.88. The zero-order valence-electron chi connectivity index (χ0n) is 10.4. The molecule has 1 aliphatic heterocycles. The summed E-state index contributed by atoms with van der Waals surface area (Å²) >= 11 is 0. The number of fused-ring (bicyclic) bond motifs is 1. The van der Waals surface area contributed by atoms with E-state index in [2.05, 4.69) is 42.3 Å². The van der Waals surface area contributed by atoms with Gasteiger partial charge in [-0.2, -0.15) is 0 Å². The van der Waals surface area contributed by atoms with Crippen LogP contribution in [0.15, 0.2) is 18.2 Å². The SMILES string of the molecule is CCCN(CC)Cc1ccc2c(c1)NCC2. The molecule has 2 nitrogen and oxygen atoms in total. The molecule has 2 rings (SSSR count). The average Bonchev–Trinajstić information content (AvgIpc) is 2.75. The number of anilines is 1. The highest BCUT2D eigenvalue weighted by Gasteiger charge is 2.10. The summed E-state index contributed by atoms with van der Waals surface area (Å²) in [6.45, 7) is 9.00. The Bertz CT molecular complexity index is 347. The zero-order chi connectivity index (χ0) is 11.4. The van der Waals surface area contributed by atoms with Crippen molar-refractivity contribution in [2.45, 2.75) is 33.2 Å². The Balaban J connectivity index is 2.04. The Labute approximate surface area is 98.7 Å². The van der Waals surface area contributed by atoms with Gasteiger partial charge in [0.15, 0.2) is 0 Å². The highest BCUT2D eigenvalue weighted by atomic mass is 15.1. The van der Waals surface area contributed by atoms with Crippen molar-refractivity contribution < 1.29 is 0 Å². The Kier molecular flexibility index (Phi) is 3.83. The lowest BCUT2D eigenvalue weighted by Crippen LogP contribution is -2.23. The summed E-state index contributed by atoms with van der Waals surface area (Å²) in [5.74, 6) is 0. The van der Waals surface area contributed by atoms with Gasteiger partial charge in [0.05, 0.1) is 0 Å². The van der Waals surface area contributed by atoms with Gasteiger partial charge < -0.3 is 5.32 Å². The summed E-state index contributed by atoms with van der Waals surface area (Å²) in [6.07, 6.45) is 2.42. The lowest BCUT2D eigenvalue weighted by atomic mass is 10.1. The molecule has 1 aromatic carbocycles. The van der Waals surface area contributed by atoms with Crippen molar-refractivity contribution in [2.75, 3.05) is 25.0 Å². The van der Waals surface area contributed by atoms with Gasteiger partial charge in [0.1, 0.15) is 0 Å². The third-order valence-corrected chi connectivity index (χ3v) is 3.28. The van der Waals surface area contributed by atoms with E-state index in [-0.39, 0.29) is 0 Å². The smallest absolute Gasteiger partial charge is 0.0376 e. The second-order valence-electron chi connectivity index (χ2n) is 4.54. The van der Waals surface area contributed by atoms with Gasteiger partial charge in [0.2, 0.25) is 0 Å². The molecule has 16 heavy (non-hydrogen) atoms. The quantitative estimate of drug-likeness (QED) is 0.817. The predicted molar refractivity (Wildman–Crippen MR) is 69.9 cm³/mol. The average molecular weight is 218 g/mol. The van der Waals surface area contributed by atoms with Crippen LogP contribution in [0.3, 0.4) is 0 Å². The van der Waals surface area contributed by atoms with Gasteiger partial charge in [-0.15, -0.1) is 0 Å². The van der Waals surface area contributed by atoms with Gasteiger partial charge in [-0.1, -0.05) is 26.0 Å². The van der Waals surface area contributed by atoms with Crippen LogP contribution in [0.2, 0.25) is 0 Å². The van der Waals surface area contributed by atoms with Crippen LogP contribution in [0.5, 0.6) is 0 Å². The molecule has 1 N–H and O–H groups in total. The molecule has 1 aliphatic rings. The predicted octanol–water partition coefficient (Wildman–Crippen LogP) is 2.89. The minimum atomic E-state index is 1.08. The number of nitrogens with zero attached hydrogens (tertiary/aromatic N) is 1. The fourth-order valence-corrected chi connectivity index (χ4v) is 2.36. The van der Waals surface area contributed by atoms with E-state index in [1.165, 1.54) is 36.2 Å². The maximum absolute atomic E-state index is 3.45. The molecule has 88 valence electrons. The summed E-state index contributed by atoms with van der Waals surface area (Å²) in [4.78, 5) is 2.50. The molecule has 0 atom stereocenters. The third-order valence-electron chi connectivity index (χ3n) is 3.28. The number of benzene rings is 1. The van der Waals surface area contributed by atoms with E-state index in [0.717, 1.165) is 19.6 Å². The molecule has 1 aromatic rings. The van der Waals surface area contributed by atoms with Crippen molar-refractivity contribution in [1.82, 2.24) is 4.90 Å². The molecule has 0 aromatic heterocycles. The Hall–Kier alpha value is -1.02. The van der Waals surface area contributed by atoms with Crippen LogP contribution >= 0.6 is 0 Å². The molecule has 0 amide bonds. The molecule has 0 fully saturated rings. The van der Waals surface area contributed by atoms with Crippen molar-refractivity contribution in [3.8, 4) is 0 Å². The standard InChI is InChI=1S/C14H22N2/c1-3-9-16(4-2)11-12-5-6-13-7-8-15-14(13)10-12/h5-6,10,15H,3-4,7-9,11H2,1-2H3. The Morgan fingerprint density at radius 2 is 2.19 bits per heavy atom. The van der Waals surface area contributed by atoms with Crippen molar-refractivity contribution in [1.29, 1.82) is 0 Å². The van der Waals surface area contributed by atoms with Crippen molar-refractivity contribution in [3.05, 3.63) is 29.3 Å². The molecule has 0 aliphatic carbocycles. The molecule has 2 heteroatoms. The van der Waals surface area contributed by atoms with E-state index in [9.17, 15) is 0 Å². The highest BCUT2D eigenvalue weighted by molar-refractivity contribution is 5.56. The van der Waals surface area contributed by atoms with Gasteiger partial charge in [-0.05, 0) is 43.1 Å². The molecule has 0 radical (unpaired) electrons. The molecule has 1 heterocycles. The van der Waals surface area contributed by atoms with Crippen molar-refractivity contribution in [2.24, 2.45) is 0 Å². The van der Waals surface area contributed by atoms with Gasteiger partial charge in [-0.25, -0.2) is 0 Å². The fraction of sp³-hybridized carbons (Fsp3) is 0.571. The summed E-state index contributed by atoms with van der Waals surface area (Å²) in [5, 5.41) is 3.45. The largest absolute Gasteiger partial charge is 0.384 e. The summed E-state index contributed by atoms with van der Waals surface area (Å²) in [5.41, 5.74) is 4.26. The molecule has 0 saturated carbocycles. The first-order valence-electron chi connectivity index (χ1n) is 6.41. The first-order chi connectivity index (χ1) is 7.83. The number of nitrogens with one attached hydrogen (secondary N) is 1. The van der Waals surface area contributed by atoms with Gasteiger partial charge >= 0.3 is 0 Å².